The molecule has 0 saturated heterocycles. The van der Waals surface area contributed by atoms with Gasteiger partial charge < -0.3 is 16.2 Å². The Morgan fingerprint density at radius 1 is 1.00 bits per heavy atom. The zero-order valence-corrected chi connectivity index (χ0v) is 13.2. The van der Waals surface area contributed by atoms with E-state index in [1.165, 1.54) is 4.52 Å². The molecule has 4 N–H and O–H groups in total. The normalized spacial score (nSPS) is 10.9. The fourth-order valence-electron chi connectivity index (χ4n) is 2.43. The Labute approximate surface area is 143 Å². The van der Waals surface area contributed by atoms with Crippen LogP contribution < -0.4 is 11.1 Å². The molecule has 2 heterocycles. The van der Waals surface area contributed by atoms with Crippen LogP contribution in [0.3, 0.4) is 0 Å². The Balaban J connectivity index is 1.65. The lowest BCUT2D eigenvalue weighted by atomic mass is 10.2. The number of nitrogen functional groups attached to an aromatic ring is 1. The van der Waals surface area contributed by atoms with Gasteiger partial charge in [0.15, 0.2) is 5.82 Å². The fourth-order valence-corrected chi connectivity index (χ4v) is 2.43. The third-order valence-electron chi connectivity index (χ3n) is 3.63. The molecule has 0 aliphatic carbocycles. The van der Waals surface area contributed by atoms with Gasteiger partial charge in [-0.15, -0.1) is 5.10 Å². The first-order chi connectivity index (χ1) is 12.2. The number of benzene rings is 2. The van der Waals surface area contributed by atoms with E-state index in [0.717, 1.165) is 5.56 Å². The number of phenolic OH excluding ortho intramolecular Hbond substituents is 1. The predicted molar refractivity (Wildman–Crippen MR) is 93.9 cm³/mol. The Hall–Kier alpha value is -3.68. The first kappa shape index (κ1) is 14.9. The van der Waals surface area contributed by atoms with E-state index in [1.54, 1.807) is 24.3 Å². The van der Waals surface area contributed by atoms with Gasteiger partial charge >= 0.3 is 0 Å². The van der Waals surface area contributed by atoms with Crippen LogP contribution in [0.2, 0.25) is 0 Å². The van der Waals surface area contributed by atoms with E-state index in [4.69, 9.17) is 5.73 Å². The van der Waals surface area contributed by atoms with E-state index in [0.29, 0.717) is 29.7 Å². The van der Waals surface area contributed by atoms with Gasteiger partial charge in [-0.25, -0.2) is 0 Å². The molecule has 0 spiro atoms. The lowest BCUT2D eigenvalue weighted by Gasteiger charge is -2.05. The van der Waals surface area contributed by atoms with Gasteiger partial charge in [-0.3, -0.25) is 0 Å². The number of nitrogens with two attached hydrogens (primary N) is 1. The maximum atomic E-state index is 9.60. The molecule has 0 fully saturated rings. The molecule has 4 rings (SSSR count). The second-order valence-electron chi connectivity index (χ2n) is 5.44. The van der Waals surface area contributed by atoms with Crippen molar-refractivity contribution >= 4 is 17.7 Å². The van der Waals surface area contributed by atoms with Crippen LogP contribution in [0, 0.1) is 0 Å². The van der Waals surface area contributed by atoms with Crippen molar-refractivity contribution in [1.29, 1.82) is 0 Å². The van der Waals surface area contributed by atoms with Crippen molar-refractivity contribution in [2.45, 2.75) is 6.54 Å². The summed E-state index contributed by atoms with van der Waals surface area (Å²) in [4.78, 5) is 12.9. The Kier molecular flexibility index (Phi) is 3.62. The van der Waals surface area contributed by atoms with Crippen molar-refractivity contribution in [2.24, 2.45) is 0 Å². The highest BCUT2D eigenvalue weighted by molar-refractivity contribution is 5.60. The van der Waals surface area contributed by atoms with Crippen molar-refractivity contribution in [3.63, 3.8) is 0 Å². The van der Waals surface area contributed by atoms with Crippen LogP contribution in [0.1, 0.15) is 5.56 Å². The molecule has 4 aromatic rings. The first-order valence-corrected chi connectivity index (χ1v) is 7.66. The number of hydrogen-bond donors (Lipinski definition) is 3. The maximum Gasteiger partial charge on any atom is 0.259 e. The molecule has 25 heavy (non-hydrogen) atoms. The van der Waals surface area contributed by atoms with Crippen molar-refractivity contribution < 1.29 is 5.11 Å². The lowest BCUT2D eigenvalue weighted by Crippen LogP contribution is -2.09. The molecule has 0 radical (unpaired) electrons. The minimum atomic E-state index is 0.139. The first-order valence-electron chi connectivity index (χ1n) is 7.66. The molecule has 2 aromatic heterocycles. The molecule has 0 bridgehead atoms. The van der Waals surface area contributed by atoms with Crippen molar-refractivity contribution in [3.05, 3.63) is 60.2 Å². The molecule has 0 unspecified atom stereocenters. The maximum absolute atomic E-state index is 9.60. The van der Waals surface area contributed by atoms with Crippen LogP contribution in [0.5, 0.6) is 5.75 Å². The average Bonchev–Trinajstić information content (AvgIpc) is 3.06. The Morgan fingerprint density at radius 3 is 2.64 bits per heavy atom. The predicted octanol–water partition coefficient (Wildman–Crippen LogP) is 2.09. The SMILES string of the molecule is Nc1nc(NCc2ccccc2)nc2nc(-c3cccc(O)c3)nn12. The van der Waals surface area contributed by atoms with Gasteiger partial charge in [0.2, 0.25) is 11.9 Å². The summed E-state index contributed by atoms with van der Waals surface area (Å²) in [6.07, 6.45) is 0. The third kappa shape index (κ3) is 3.05. The molecule has 0 aliphatic rings. The summed E-state index contributed by atoms with van der Waals surface area (Å²) < 4.78 is 1.37. The van der Waals surface area contributed by atoms with E-state index in [-0.39, 0.29) is 11.7 Å². The van der Waals surface area contributed by atoms with Crippen LogP contribution in [0.15, 0.2) is 54.6 Å². The van der Waals surface area contributed by atoms with E-state index in [2.05, 4.69) is 25.4 Å². The fraction of sp³-hybridized carbons (Fsp3) is 0.0588. The molecule has 124 valence electrons. The van der Waals surface area contributed by atoms with Gasteiger partial charge in [-0.2, -0.15) is 19.5 Å². The third-order valence-corrected chi connectivity index (χ3v) is 3.63. The van der Waals surface area contributed by atoms with Gasteiger partial charge in [0, 0.05) is 12.1 Å². The molecule has 8 heteroatoms. The number of nitrogens with zero attached hydrogens (tertiary/aromatic N) is 5. The van der Waals surface area contributed by atoms with Crippen LogP contribution in [0.4, 0.5) is 11.9 Å². The van der Waals surface area contributed by atoms with Crippen LogP contribution in [-0.2, 0) is 6.54 Å². The number of aromatic hydroxyl groups is 1. The lowest BCUT2D eigenvalue weighted by molar-refractivity contribution is 0.475. The standard InChI is InChI=1S/C17H15N7O/c18-15-21-16(19-10-11-5-2-1-3-6-11)22-17-20-14(23-24(15)17)12-7-4-8-13(25)9-12/h1-9,25H,10H2,(H3,18,19,20,21,22,23). The summed E-state index contributed by atoms with van der Waals surface area (Å²) in [5.41, 5.74) is 7.74. The number of fused-ring (bicyclic) bond motifs is 1. The van der Waals surface area contributed by atoms with E-state index < -0.39 is 0 Å². The molecule has 0 atom stereocenters. The summed E-state index contributed by atoms with van der Waals surface area (Å²) in [6, 6.07) is 16.6. The van der Waals surface area contributed by atoms with Crippen LogP contribution in [0.25, 0.3) is 17.2 Å². The van der Waals surface area contributed by atoms with Crippen LogP contribution in [-0.4, -0.2) is 29.7 Å². The van der Waals surface area contributed by atoms with E-state index in [1.807, 2.05) is 30.3 Å². The highest BCUT2D eigenvalue weighted by atomic mass is 16.3. The largest absolute Gasteiger partial charge is 0.508 e. The van der Waals surface area contributed by atoms with Crippen molar-refractivity contribution in [2.75, 3.05) is 11.1 Å². The number of rotatable bonds is 4. The molecule has 0 aliphatic heterocycles. The zero-order valence-electron chi connectivity index (χ0n) is 13.2. The minimum absolute atomic E-state index is 0.139. The highest BCUT2D eigenvalue weighted by Gasteiger charge is 2.12. The molecular formula is C17H15N7O. The quantitative estimate of drug-likeness (QED) is 0.524. The van der Waals surface area contributed by atoms with Gasteiger partial charge in [0.1, 0.15) is 5.75 Å². The smallest absolute Gasteiger partial charge is 0.259 e. The summed E-state index contributed by atoms with van der Waals surface area (Å²) in [5, 5.41) is 17.0. The highest BCUT2D eigenvalue weighted by Crippen LogP contribution is 2.21. The summed E-state index contributed by atoms with van der Waals surface area (Å²) in [7, 11) is 0. The number of phenols is 1. The monoisotopic (exact) mass is 333 g/mol. The number of hydrogen-bond acceptors (Lipinski definition) is 7. The molecular weight excluding hydrogens is 318 g/mol. The summed E-state index contributed by atoms with van der Waals surface area (Å²) >= 11 is 0. The van der Waals surface area contributed by atoms with E-state index in [9.17, 15) is 5.11 Å². The second-order valence-corrected chi connectivity index (χ2v) is 5.44. The van der Waals surface area contributed by atoms with Crippen molar-refractivity contribution in [3.8, 4) is 17.1 Å². The second kappa shape index (κ2) is 6.08. The van der Waals surface area contributed by atoms with Gasteiger partial charge in [0.25, 0.3) is 5.78 Å². The summed E-state index contributed by atoms with van der Waals surface area (Å²) in [6.45, 7) is 0.573. The molecule has 8 nitrogen and oxygen atoms in total. The molecule has 2 aromatic carbocycles. The molecule has 0 saturated carbocycles. The Morgan fingerprint density at radius 2 is 1.84 bits per heavy atom. The van der Waals surface area contributed by atoms with Gasteiger partial charge in [-0.1, -0.05) is 42.5 Å². The number of aromatic nitrogens is 5. The van der Waals surface area contributed by atoms with Crippen LogP contribution >= 0.6 is 0 Å². The van der Waals surface area contributed by atoms with Crippen molar-refractivity contribution in [1.82, 2.24) is 24.6 Å². The van der Waals surface area contributed by atoms with Gasteiger partial charge in [-0.05, 0) is 17.7 Å². The molecule has 0 amide bonds. The number of anilines is 2. The number of nitrogens with one attached hydrogen (secondary N) is 1. The topological polar surface area (TPSA) is 114 Å². The minimum Gasteiger partial charge on any atom is -0.508 e. The Bertz CT molecular complexity index is 1030. The van der Waals surface area contributed by atoms with E-state index >= 15 is 0 Å². The summed E-state index contributed by atoms with van der Waals surface area (Å²) in [5.74, 6) is 1.45. The zero-order chi connectivity index (χ0) is 17.2. The van der Waals surface area contributed by atoms with Gasteiger partial charge in [0.05, 0.1) is 0 Å². The average molecular weight is 333 g/mol.